The maximum absolute atomic E-state index is 13.6. The Morgan fingerprint density at radius 3 is 2.38 bits per heavy atom. The summed E-state index contributed by atoms with van der Waals surface area (Å²) in [6.45, 7) is 5.22. The van der Waals surface area contributed by atoms with Crippen LogP contribution in [-0.2, 0) is 13.1 Å². The van der Waals surface area contributed by atoms with E-state index in [9.17, 15) is 9.59 Å². The highest BCUT2D eigenvalue weighted by atomic mass is 16.2. The van der Waals surface area contributed by atoms with Crippen LogP contribution in [-0.4, -0.2) is 23.4 Å². The van der Waals surface area contributed by atoms with Gasteiger partial charge in [0.2, 0.25) is 0 Å². The number of aromatic nitrogens is 1. The zero-order valence-corrected chi connectivity index (χ0v) is 19.7. The second kappa shape index (κ2) is 8.67. The zero-order valence-electron chi connectivity index (χ0n) is 19.7. The zero-order chi connectivity index (χ0) is 23.8. The molecule has 2 heterocycles. The maximum Gasteiger partial charge on any atom is 0.258 e. The van der Waals surface area contributed by atoms with Gasteiger partial charge in [-0.25, -0.2) is 0 Å². The number of nitrogens with zero attached hydrogens (tertiary/aromatic N) is 3. The molecule has 5 heteroatoms. The van der Waals surface area contributed by atoms with Crippen molar-refractivity contribution in [2.75, 3.05) is 16.8 Å². The Morgan fingerprint density at radius 1 is 0.853 bits per heavy atom. The van der Waals surface area contributed by atoms with E-state index >= 15 is 0 Å². The molecular weight excluding hydrogens is 422 g/mol. The number of anilines is 2. The van der Waals surface area contributed by atoms with E-state index < -0.39 is 0 Å². The van der Waals surface area contributed by atoms with Crippen LogP contribution in [0, 0.1) is 13.8 Å². The summed E-state index contributed by atoms with van der Waals surface area (Å²) >= 11 is 0. The molecule has 0 unspecified atom stereocenters. The fourth-order valence-electron chi connectivity index (χ4n) is 4.60. The third-order valence-corrected chi connectivity index (χ3v) is 6.53. The van der Waals surface area contributed by atoms with Crippen molar-refractivity contribution >= 4 is 23.2 Å². The summed E-state index contributed by atoms with van der Waals surface area (Å²) in [4.78, 5) is 30.1. The smallest absolute Gasteiger partial charge is 0.258 e. The molecule has 0 atom stereocenters. The van der Waals surface area contributed by atoms with Crippen LogP contribution in [0.15, 0.2) is 85.1 Å². The molecule has 3 aromatic carbocycles. The van der Waals surface area contributed by atoms with Gasteiger partial charge >= 0.3 is 0 Å². The number of para-hydroxylation sites is 1. The summed E-state index contributed by atoms with van der Waals surface area (Å²) in [5.41, 5.74) is 7.23. The van der Waals surface area contributed by atoms with Crippen molar-refractivity contribution in [1.82, 2.24) is 4.57 Å². The minimum absolute atomic E-state index is 0.0583. The van der Waals surface area contributed by atoms with Gasteiger partial charge < -0.3 is 14.4 Å². The van der Waals surface area contributed by atoms with E-state index in [2.05, 4.69) is 22.9 Å². The molecule has 4 aromatic rings. The second-order valence-electron chi connectivity index (χ2n) is 8.88. The minimum Gasteiger partial charge on any atom is -0.345 e. The van der Waals surface area contributed by atoms with E-state index in [-0.39, 0.29) is 11.8 Å². The van der Waals surface area contributed by atoms with Crippen molar-refractivity contribution in [3.8, 4) is 0 Å². The molecule has 170 valence electrons. The quantitative estimate of drug-likeness (QED) is 0.409. The Morgan fingerprint density at radius 2 is 1.62 bits per heavy atom. The summed E-state index contributed by atoms with van der Waals surface area (Å²) in [7, 11) is 1.76. The van der Waals surface area contributed by atoms with Gasteiger partial charge in [-0.15, -0.1) is 0 Å². The van der Waals surface area contributed by atoms with Crippen molar-refractivity contribution in [1.29, 1.82) is 0 Å². The molecule has 0 aliphatic carbocycles. The van der Waals surface area contributed by atoms with Crippen molar-refractivity contribution in [2.45, 2.75) is 26.9 Å². The Hall–Kier alpha value is -4.12. The highest BCUT2D eigenvalue weighted by Crippen LogP contribution is 2.29. The number of carbonyl (C=O) groups excluding carboxylic acids is 2. The first-order valence-electron chi connectivity index (χ1n) is 11.4. The standard InChI is InChI=1S/C29H27N3O2/c1-20-10-15-26(21(2)17-20)29(34)30(3)24-13-11-22(12-14-24)28(33)32-19-25-8-6-16-31(25)18-23-7-4-5-9-27(23)32/h4-17H,18-19H2,1-3H3. The lowest BCUT2D eigenvalue weighted by Gasteiger charge is -2.23. The molecule has 5 nitrogen and oxygen atoms in total. The predicted molar refractivity (Wildman–Crippen MR) is 136 cm³/mol. The molecule has 0 bridgehead atoms. The number of carbonyl (C=O) groups is 2. The van der Waals surface area contributed by atoms with Crippen LogP contribution in [0.3, 0.4) is 0 Å². The Kier molecular flexibility index (Phi) is 5.54. The highest BCUT2D eigenvalue weighted by Gasteiger charge is 2.25. The Labute approximate surface area is 199 Å². The van der Waals surface area contributed by atoms with E-state index in [1.807, 2.05) is 73.3 Å². The molecule has 0 saturated heterocycles. The van der Waals surface area contributed by atoms with Crippen LogP contribution in [0.25, 0.3) is 0 Å². The first kappa shape index (κ1) is 21.7. The molecule has 2 amide bonds. The summed E-state index contributed by atoms with van der Waals surface area (Å²) in [6.07, 6.45) is 2.05. The lowest BCUT2D eigenvalue weighted by Crippen LogP contribution is -2.31. The molecule has 0 N–H and O–H groups in total. The second-order valence-corrected chi connectivity index (χ2v) is 8.88. The van der Waals surface area contributed by atoms with Gasteiger partial charge in [0.05, 0.1) is 6.54 Å². The normalized spacial score (nSPS) is 12.5. The van der Waals surface area contributed by atoms with Crippen LogP contribution < -0.4 is 9.80 Å². The van der Waals surface area contributed by atoms with E-state index in [1.54, 1.807) is 24.1 Å². The number of fused-ring (bicyclic) bond motifs is 2. The summed E-state index contributed by atoms with van der Waals surface area (Å²) in [6, 6.07) is 25.2. The van der Waals surface area contributed by atoms with Crippen molar-refractivity contribution in [2.24, 2.45) is 0 Å². The van der Waals surface area contributed by atoms with Crippen molar-refractivity contribution in [3.05, 3.63) is 119 Å². The molecule has 0 fully saturated rings. The number of benzene rings is 3. The van der Waals surface area contributed by atoms with Crippen LogP contribution in [0.4, 0.5) is 11.4 Å². The van der Waals surface area contributed by atoms with Gasteiger partial charge in [-0.3, -0.25) is 9.59 Å². The average molecular weight is 450 g/mol. The fourth-order valence-corrected chi connectivity index (χ4v) is 4.60. The largest absolute Gasteiger partial charge is 0.345 e. The third-order valence-electron chi connectivity index (χ3n) is 6.53. The maximum atomic E-state index is 13.6. The number of aryl methyl sites for hydroxylation is 2. The first-order valence-corrected chi connectivity index (χ1v) is 11.4. The Bertz CT molecular complexity index is 1380. The van der Waals surface area contributed by atoms with E-state index in [4.69, 9.17) is 0 Å². The molecule has 1 aromatic heterocycles. The van der Waals surface area contributed by atoms with Gasteiger partial charge in [0.25, 0.3) is 11.8 Å². The number of amides is 2. The summed E-state index contributed by atoms with van der Waals surface area (Å²) in [5, 5.41) is 0. The topological polar surface area (TPSA) is 45.6 Å². The fraction of sp³-hybridized carbons (Fsp3) is 0.172. The number of rotatable bonds is 3. The SMILES string of the molecule is Cc1ccc(C(=O)N(C)c2ccc(C(=O)N3Cc4cccn4Cc4ccccc43)cc2)c(C)c1. The monoisotopic (exact) mass is 449 g/mol. The third kappa shape index (κ3) is 3.90. The molecule has 34 heavy (non-hydrogen) atoms. The van der Waals surface area contributed by atoms with Gasteiger partial charge in [-0.2, -0.15) is 0 Å². The molecule has 1 aliphatic rings. The van der Waals surface area contributed by atoms with Gasteiger partial charge in [0.15, 0.2) is 0 Å². The highest BCUT2D eigenvalue weighted by molar-refractivity contribution is 6.08. The van der Waals surface area contributed by atoms with Crippen molar-refractivity contribution < 1.29 is 9.59 Å². The molecular formula is C29H27N3O2. The van der Waals surface area contributed by atoms with Crippen molar-refractivity contribution in [3.63, 3.8) is 0 Å². The van der Waals surface area contributed by atoms with Crippen LogP contribution >= 0.6 is 0 Å². The van der Waals surface area contributed by atoms with Gasteiger partial charge in [-0.05, 0) is 73.5 Å². The molecule has 5 rings (SSSR count). The predicted octanol–water partition coefficient (Wildman–Crippen LogP) is 5.59. The molecule has 0 spiro atoms. The van der Waals surface area contributed by atoms with E-state index in [0.29, 0.717) is 17.7 Å². The number of hydrogen-bond donors (Lipinski definition) is 0. The van der Waals surface area contributed by atoms with Gasteiger partial charge in [0, 0.05) is 48.0 Å². The first-order chi connectivity index (χ1) is 16.4. The summed E-state index contributed by atoms with van der Waals surface area (Å²) in [5.74, 6) is -0.129. The lowest BCUT2D eigenvalue weighted by molar-refractivity contribution is 0.0981. The van der Waals surface area contributed by atoms with E-state index in [0.717, 1.165) is 40.3 Å². The average Bonchev–Trinajstić information content (AvgIpc) is 3.22. The van der Waals surface area contributed by atoms with Gasteiger partial charge in [0.1, 0.15) is 0 Å². The summed E-state index contributed by atoms with van der Waals surface area (Å²) < 4.78 is 2.18. The van der Waals surface area contributed by atoms with Crippen LogP contribution in [0.2, 0.25) is 0 Å². The number of hydrogen-bond acceptors (Lipinski definition) is 2. The van der Waals surface area contributed by atoms with Crippen LogP contribution in [0.5, 0.6) is 0 Å². The lowest BCUT2D eigenvalue weighted by atomic mass is 10.0. The van der Waals surface area contributed by atoms with E-state index in [1.165, 1.54) is 0 Å². The molecule has 0 saturated carbocycles. The Balaban J connectivity index is 1.41. The minimum atomic E-state index is -0.0706. The van der Waals surface area contributed by atoms with Crippen LogP contribution in [0.1, 0.15) is 43.1 Å². The molecule has 0 radical (unpaired) electrons. The molecule has 1 aliphatic heterocycles. The van der Waals surface area contributed by atoms with Gasteiger partial charge in [-0.1, -0.05) is 35.9 Å².